The van der Waals surface area contributed by atoms with Crippen LogP contribution >= 0.6 is 0 Å². The van der Waals surface area contributed by atoms with Gasteiger partial charge in [0.1, 0.15) is 5.75 Å². The number of hydrogen-bond donors (Lipinski definition) is 0. The predicted molar refractivity (Wildman–Crippen MR) is 100 cm³/mol. The maximum atomic E-state index is 12.5. The zero-order chi connectivity index (χ0) is 19.6. The van der Waals surface area contributed by atoms with Crippen molar-refractivity contribution in [3.05, 3.63) is 53.3 Å². The van der Waals surface area contributed by atoms with Gasteiger partial charge in [-0.05, 0) is 51.1 Å². The van der Waals surface area contributed by atoms with Gasteiger partial charge in [0.2, 0.25) is 5.78 Å². The summed E-state index contributed by atoms with van der Waals surface area (Å²) in [5, 5.41) is 5.05. The average Bonchev–Trinajstić information content (AvgIpc) is 2.95. The van der Waals surface area contributed by atoms with Crippen LogP contribution in [0.5, 0.6) is 5.75 Å². The van der Waals surface area contributed by atoms with Crippen molar-refractivity contribution in [3.8, 4) is 5.75 Å². The number of carbonyl (C=O) groups is 2. The molecule has 0 amide bonds. The first-order valence-corrected chi connectivity index (χ1v) is 8.68. The fourth-order valence-electron chi connectivity index (χ4n) is 2.82. The van der Waals surface area contributed by atoms with E-state index >= 15 is 0 Å². The van der Waals surface area contributed by atoms with Gasteiger partial charge in [-0.3, -0.25) is 9.48 Å². The van der Waals surface area contributed by atoms with E-state index in [1.54, 1.807) is 49.0 Å². The fraction of sp³-hybridized carbons (Fsp3) is 0.300. The van der Waals surface area contributed by atoms with Crippen molar-refractivity contribution >= 4 is 22.8 Å². The minimum absolute atomic E-state index is 0.280. The van der Waals surface area contributed by atoms with E-state index in [4.69, 9.17) is 9.47 Å². The highest BCUT2D eigenvalue weighted by molar-refractivity contribution is 6.02. The number of esters is 1. The van der Waals surface area contributed by atoms with E-state index in [9.17, 15) is 9.59 Å². The first-order chi connectivity index (χ1) is 12.9. The van der Waals surface area contributed by atoms with Crippen LogP contribution in [0.1, 0.15) is 40.3 Å². The Morgan fingerprint density at radius 2 is 1.89 bits per heavy atom. The summed E-state index contributed by atoms with van der Waals surface area (Å²) in [6.45, 7) is 5.84. The van der Waals surface area contributed by atoms with Crippen molar-refractivity contribution in [2.45, 2.75) is 26.9 Å². The first kappa shape index (κ1) is 18.6. The molecule has 0 aliphatic heterocycles. The van der Waals surface area contributed by atoms with Crippen LogP contribution in [-0.4, -0.2) is 39.2 Å². The topological polar surface area (TPSA) is 83.3 Å². The second kappa shape index (κ2) is 7.57. The summed E-state index contributed by atoms with van der Waals surface area (Å²) >= 11 is 0. The van der Waals surface area contributed by atoms with Crippen molar-refractivity contribution in [3.63, 3.8) is 0 Å². The van der Waals surface area contributed by atoms with E-state index in [1.807, 2.05) is 13.8 Å². The van der Waals surface area contributed by atoms with Gasteiger partial charge >= 0.3 is 5.97 Å². The number of aromatic nitrogens is 3. The minimum atomic E-state index is -0.916. The molecule has 1 atom stereocenters. The predicted octanol–water partition coefficient (Wildman–Crippen LogP) is 3.10. The lowest BCUT2D eigenvalue weighted by atomic mass is 10.1. The molecule has 0 aliphatic rings. The number of Topliss-reactive ketones (excluding diaryl/α,β-unsaturated/α-hetero) is 1. The minimum Gasteiger partial charge on any atom is -0.494 e. The van der Waals surface area contributed by atoms with Gasteiger partial charge in [-0.2, -0.15) is 5.10 Å². The van der Waals surface area contributed by atoms with Crippen LogP contribution < -0.4 is 4.74 Å². The number of hydrogen-bond acceptors (Lipinski definition) is 6. The third-order valence-electron chi connectivity index (χ3n) is 4.20. The van der Waals surface area contributed by atoms with Crippen LogP contribution in [0.4, 0.5) is 0 Å². The molecule has 2 heterocycles. The SMILES string of the molecule is CCOc1ccc(C(=O)C(C)OC(=O)c2cnc3c(c2)c(C)nn3C)cc1. The Bertz CT molecular complexity index is 992. The molecule has 0 fully saturated rings. The van der Waals surface area contributed by atoms with E-state index in [-0.39, 0.29) is 11.3 Å². The number of rotatable bonds is 6. The van der Waals surface area contributed by atoms with Gasteiger partial charge in [-0.15, -0.1) is 0 Å². The molecule has 0 aliphatic carbocycles. The molecule has 0 saturated heterocycles. The van der Waals surface area contributed by atoms with Gasteiger partial charge in [-0.1, -0.05) is 0 Å². The van der Waals surface area contributed by atoms with Gasteiger partial charge in [-0.25, -0.2) is 9.78 Å². The molecule has 7 heteroatoms. The largest absolute Gasteiger partial charge is 0.494 e. The molecule has 1 unspecified atom stereocenters. The number of ketones is 1. The summed E-state index contributed by atoms with van der Waals surface area (Å²) < 4.78 is 12.3. The summed E-state index contributed by atoms with van der Waals surface area (Å²) in [4.78, 5) is 29.2. The van der Waals surface area contributed by atoms with Crippen LogP contribution in [0.3, 0.4) is 0 Å². The Balaban J connectivity index is 1.73. The molecule has 2 aromatic heterocycles. The van der Waals surface area contributed by atoms with Crippen LogP contribution in [0.2, 0.25) is 0 Å². The molecule has 0 radical (unpaired) electrons. The number of pyridine rings is 1. The second-order valence-corrected chi connectivity index (χ2v) is 6.17. The highest BCUT2D eigenvalue weighted by Gasteiger charge is 2.21. The molecule has 0 spiro atoms. The molecule has 140 valence electrons. The highest BCUT2D eigenvalue weighted by atomic mass is 16.5. The van der Waals surface area contributed by atoms with E-state index in [1.165, 1.54) is 6.20 Å². The number of fused-ring (bicyclic) bond motifs is 1. The smallest absolute Gasteiger partial charge is 0.340 e. The number of ether oxygens (including phenoxy) is 2. The molecule has 0 bridgehead atoms. The van der Waals surface area contributed by atoms with Crippen LogP contribution in [-0.2, 0) is 11.8 Å². The van der Waals surface area contributed by atoms with Crippen LogP contribution in [0.25, 0.3) is 11.0 Å². The number of benzene rings is 1. The van der Waals surface area contributed by atoms with Gasteiger partial charge in [0.05, 0.1) is 17.9 Å². The van der Waals surface area contributed by atoms with Crippen molar-refractivity contribution in [2.24, 2.45) is 7.05 Å². The molecule has 0 saturated carbocycles. The second-order valence-electron chi connectivity index (χ2n) is 6.17. The molecular formula is C20H21N3O4. The molecular weight excluding hydrogens is 346 g/mol. The van der Waals surface area contributed by atoms with E-state index in [0.29, 0.717) is 23.6 Å². The summed E-state index contributed by atoms with van der Waals surface area (Å²) in [6, 6.07) is 8.43. The molecule has 27 heavy (non-hydrogen) atoms. The van der Waals surface area contributed by atoms with E-state index < -0.39 is 12.1 Å². The third-order valence-corrected chi connectivity index (χ3v) is 4.20. The van der Waals surface area contributed by atoms with Crippen LogP contribution in [0, 0.1) is 6.92 Å². The Morgan fingerprint density at radius 1 is 1.19 bits per heavy atom. The van der Waals surface area contributed by atoms with Crippen LogP contribution in [0.15, 0.2) is 36.5 Å². The normalized spacial score (nSPS) is 12.0. The Hall–Kier alpha value is -3.22. The van der Waals surface area contributed by atoms with Gasteiger partial charge in [0, 0.05) is 24.2 Å². The van der Waals surface area contributed by atoms with Crippen molar-refractivity contribution in [2.75, 3.05) is 6.61 Å². The van der Waals surface area contributed by atoms with E-state index in [2.05, 4.69) is 10.1 Å². The van der Waals surface area contributed by atoms with Gasteiger partial charge in [0.15, 0.2) is 11.8 Å². The number of nitrogens with zero attached hydrogens (tertiary/aromatic N) is 3. The standard InChI is InChI=1S/C20H21N3O4/c1-5-26-16-8-6-14(7-9-16)18(24)13(3)27-20(25)15-10-17-12(2)22-23(4)19(17)21-11-15/h6-11,13H,5H2,1-4H3. The molecule has 3 rings (SSSR count). The lowest BCUT2D eigenvalue weighted by Gasteiger charge is -2.13. The third kappa shape index (κ3) is 3.81. The average molecular weight is 367 g/mol. The lowest BCUT2D eigenvalue weighted by molar-refractivity contribution is 0.0318. The van der Waals surface area contributed by atoms with E-state index in [0.717, 1.165) is 11.1 Å². The summed E-state index contributed by atoms with van der Waals surface area (Å²) in [5.74, 6) is -0.192. The van der Waals surface area contributed by atoms with Crippen molar-refractivity contribution in [1.29, 1.82) is 0 Å². The molecule has 0 N–H and O–H groups in total. The summed E-state index contributed by atoms with van der Waals surface area (Å²) in [7, 11) is 1.79. The van der Waals surface area contributed by atoms with Gasteiger partial charge < -0.3 is 9.47 Å². The monoisotopic (exact) mass is 367 g/mol. The molecule has 3 aromatic rings. The maximum Gasteiger partial charge on any atom is 0.340 e. The first-order valence-electron chi connectivity index (χ1n) is 8.68. The maximum absolute atomic E-state index is 12.5. The number of carbonyl (C=O) groups excluding carboxylic acids is 2. The Labute approximate surface area is 156 Å². The summed E-state index contributed by atoms with van der Waals surface area (Å²) in [6.07, 6.45) is 0.515. The Kier molecular flexibility index (Phi) is 5.21. The highest BCUT2D eigenvalue weighted by Crippen LogP contribution is 2.18. The van der Waals surface area contributed by atoms with Gasteiger partial charge in [0.25, 0.3) is 0 Å². The zero-order valence-corrected chi connectivity index (χ0v) is 15.7. The quantitative estimate of drug-likeness (QED) is 0.492. The Morgan fingerprint density at radius 3 is 2.56 bits per heavy atom. The molecule has 7 nitrogen and oxygen atoms in total. The summed E-state index contributed by atoms with van der Waals surface area (Å²) in [5.41, 5.74) is 2.19. The van der Waals surface area contributed by atoms with Crippen molar-refractivity contribution in [1.82, 2.24) is 14.8 Å². The zero-order valence-electron chi connectivity index (χ0n) is 15.7. The fourth-order valence-corrected chi connectivity index (χ4v) is 2.82. The molecule has 1 aromatic carbocycles. The lowest BCUT2D eigenvalue weighted by Crippen LogP contribution is -2.24. The van der Waals surface area contributed by atoms with Crippen molar-refractivity contribution < 1.29 is 19.1 Å². The number of aryl methyl sites for hydroxylation is 2.